The highest BCUT2D eigenvalue weighted by atomic mass is 16.2. The predicted octanol–water partition coefficient (Wildman–Crippen LogP) is 6.37. The standard InChI is InChI=1S/C33H30N6O/c1-21-24(9-5-11-28(21)36-32-25-8-4-3-7-23(25)20-34-37-32)26-10-6-12-29-31(26)27-14-13-22(19-30(27)35-29)33(40)39-17-15-38(2)16-18-39/h3-14,19-20,35H,15-18H2,1-2H3,(H,36,37). The number of benzene rings is 4. The first kappa shape index (κ1) is 24.3. The third kappa shape index (κ3) is 4.15. The van der Waals surface area contributed by atoms with Crippen LogP contribution in [-0.2, 0) is 0 Å². The third-order valence-corrected chi connectivity index (χ3v) is 8.11. The van der Waals surface area contributed by atoms with Crippen molar-refractivity contribution in [3.8, 4) is 11.1 Å². The van der Waals surface area contributed by atoms with Gasteiger partial charge in [0.25, 0.3) is 5.91 Å². The summed E-state index contributed by atoms with van der Waals surface area (Å²) in [5.74, 6) is 0.834. The van der Waals surface area contributed by atoms with Gasteiger partial charge in [0.2, 0.25) is 0 Å². The molecule has 1 fully saturated rings. The molecular weight excluding hydrogens is 496 g/mol. The molecule has 1 saturated heterocycles. The van der Waals surface area contributed by atoms with Crippen LogP contribution in [0.2, 0.25) is 0 Å². The number of carbonyl (C=O) groups excluding carboxylic acids is 1. The molecule has 7 nitrogen and oxygen atoms in total. The van der Waals surface area contributed by atoms with Gasteiger partial charge in [-0.2, -0.15) is 5.10 Å². The van der Waals surface area contributed by atoms with Gasteiger partial charge in [-0.15, -0.1) is 5.10 Å². The molecule has 0 aliphatic carbocycles. The fourth-order valence-electron chi connectivity index (χ4n) is 5.82. The van der Waals surface area contributed by atoms with E-state index < -0.39 is 0 Å². The minimum Gasteiger partial charge on any atom is -0.354 e. The first-order valence-corrected chi connectivity index (χ1v) is 13.7. The Morgan fingerprint density at radius 3 is 2.52 bits per heavy atom. The molecule has 1 aliphatic rings. The highest BCUT2D eigenvalue weighted by molar-refractivity contribution is 6.15. The van der Waals surface area contributed by atoms with Crippen LogP contribution in [0.15, 0.2) is 85.1 Å². The van der Waals surface area contributed by atoms with Crippen molar-refractivity contribution in [1.29, 1.82) is 0 Å². The topological polar surface area (TPSA) is 77.1 Å². The number of hydrogen-bond acceptors (Lipinski definition) is 5. The van der Waals surface area contributed by atoms with Crippen molar-refractivity contribution < 1.29 is 4.79 Å². The number of fused-ring (bicyclic) bond motifs is 4. The summed E-state index contributed by atoms with van der Waals surface area (Å²) in [5.41, 5.74) is 7.15. The average Bonchev–Trinajstić information content (AvgIpc) is 3.37. The fourth-order valence-corrected chi connectivity index (χ4v) is 5.82. The first-order chi connectivity index (χ1) is 19.6. The monoisotopic (exact) mass is 526 g/mol. The Bertz CT molecular complexity index is 1900. The molecule has 2 aromatic heterocycles. The van der Waals surface area contributed by atoms with Gasteiger partial charge in [0.15, 0.2) is 5.82 Å². The number of nitrogens with zero attached hydrogens (tertiary/aromatic N) is 4. The zero-order valence-corrected chi connectivity index (χ0v) is 22.6. The van der Waals surface area contributed by atoms with E-state index in [4.69, 9.17) is 0 Å². The molecule has 40 heavy (non-hydrogen) atoms. The number of anilines is 2. The minimum absolute atomic E-state index is 0.0973. The number of rotatable bonds is 4. The Kier molecular flexibility index (Phi) is 5.94. The summed E-state index contributed by atoms with van der Waals surface area (Å²) in [6.07, 6.45) is 1.78. The van der Waals surface area contributed by atoms with E-state index >= 15 is 0 Å². The van der Waals surface area contributed by atoms with E-state index in [0.717, 1.165) is 92.5 Å². The van der Waals surface area contributed by atoms with Gasteiger partial charge in [-0.3, -0.25) is 4.79 Å². The summed E-state index contributed by atoms with van der Waals surface area (Å²) in [7, 11) is 2.10. The predicted molar refractivity (Wildman–Crippen MR) is 162 cm³/mol. The van der Waals surface area contributed by atoms with Crippen molar-refractivity contribution in [3.63, 3.8) is 0 Å². The molecule has 2 N–H and O–H groups in total. The molecule has 3 heterocycles. The molecule has 0 bridgehead atoms. The van der Waals surface area contributed by atoms with Crippen LogP contribution in [0, 0.1) is 6.92 Å². The lowest BCUT2D eigenvalue weighted by molar-refractivity contribution is 0.0664. The number of amides is 1. The van der Waals surface area contributed by atoms with E-state index in [2.05, 4.69) is 87.9 Å². The van der Waals surface area contributed by atoms with Crippen molar-refractivity contribution in [2.24, 2.45) is 0 Å². The quantitative estimate of drug-likeness (QED) is 0.279. The SMILES string of the molecule is Cc1c(Nc2nncc3ccccc23)cccc1-c1cccc2[nH]c3cc(C(=O)N4CCN(C)CC4)ccc3c12. The summed E-state index contributed by atoms with van der Waals surface area (Å²) in [4.78, 5) is 21.0. The Labute approximate surface area is 232 Å². The normalized spacial score (nSPS) is 14.3. The summed E-state index contributed by atoms with van der Waals surface area (Å²) < 4.78 is 0. The third-order valence-electron chi connectivity index (χ3n) is 8.11. The van der Waals surface area contributed by atoms with Gasteiger partial charge in [-0.1, -0.05) is 54.6 Å². The maximum Gasteiger partial charge on any atom is 0.254 e. The molecule has 0 unspecified atom stereocenters. The molecule has 6 aromatic rings. The van der Waals surface area contributed by atoms with Gasteiger partial charge < -0.3 is 20.1 Å². The Balaban J connectivity index is 1.28. The molecule has 0 atom stereocenters. The molecule has 0 saturated carbocycles. The van der Waals surface area contributed by atoms with E-state index in [1.54, 1.807) is 6.20 Å². The molecule has 0 radical (unpaired) electrons. The summed E-state index contributed by atoms with van der Waals surface area (Å²) >= 11 is 0. The van der Waals surface area contributed by atoms with Crippen LogP contribution in [0.4, 0.5) is 11.5 Å². The van der Waals surface area contributed by atoms with Crippen molar-refractivity contribution in [1.82, 2.24) is 25.0 Å². The summed E-state index contributed by atoms with van der Waals surface area (Å²) in [6, 6.07) is 26.8. The van der Waals surface area contributed by atoms with Crippen molar-refractivity contribution >= 4 is 50.0 Å². The Hall–Kier alpha value is -4.75. The van der Waals surface area contributed by atoms with Crippen molar-refractivity contribution in [2.75, 3.05) is 38.5 Å². The number of aromatic amines is 1. The second-order valence-electron chi connectivity index (χ2n) is 10.6. The number of nitrogens with one attached hydrogen (secondary N) is 2. The zero-order chi connectivity index (χ0) is 27.2. The highest BCUT2D eigenvalue weighted by Gasteiger charge is 2.21. The molecule has 0 spiro atoms. The number of aromatic nitrogens is 3. The van der Waals surface area contributed by atoms with E-state index in [1.807, 2.05) is 35.2 Å². The van der Waals surface area contributed by atoms with Gasteiger partial charge in [0.05, 0.1) is 6.20 Å². The molecule has 4 aromatic carbocycles. The number of piperazine rings is 1. The van der Waals surface area contributed by atoms with Crippen LogP contribution in [0.5, 0.6) is 0 Å². The average molecular weight is 527 g/mol. The lowest BCUT2D eigenvalue weighted by Gasteiger charge is -2.32. The van der Waals surface area contributed by atoms with Crippen LogP contribution >= 0.6 is 0 Å². The van der Waals surface area contributed by atoms with Crippen molar-refractivity contribution in [2.45, 2.75) is 6.92 Å². The fraction of sp³-hybridized carbons (Fsp3) is 0.182. The van der Waals surface area contributed by atoms with Gasteiger partial charge in [-0.05, 0) is 54.9 Å². The lowest BCUT2D eigenvalue weighted by Crippen LogP contribution is -2.47. The maximum atomic E-state index is 13.2. The van der Waals surface area contributed by atoms with Gasteiger partial charge in [0, 0.05) is 70.0 Å². The highest BCUT2D eigenvalue weighted by Crippen LogP contribution is 2.38. The van der Waals surface area contributed by atoms with Crippen LogP contribution in [-0.4, -0.2) is 64.1 Å². The molecule has 7 heteroatoms. The lowest BCUT2D eigenvalue weighted by atomic mass is 9.94. The molecule has 1 aliphatic heterocycles. The van der Waals surface area contributed by atoms with E-state index in [1.165, 1.54) is 0 Å². The summed E-state index contributed by atoms with van der Waals surface area (Å²) in [6.45, 7) is 5.47. The number of hydrogen-bond donors (Lipinski definition) is 2. The van der Waals surface area contributed by atoms with Gasteiger partial charge >= 0.3 is 0 Å². The molecule has 198 valence electrons. The van der Waals surface area contributed by atoms with Crippen LogP contribution in [0.25, 0.3) is 43.7 Å². The molecule has 7 rings (SSSR count). The molecule has 1 amide bonds. The van der Waals surface area contributed by atoms with E-state index in [0.29, 0.717) is 0 Å². The second kappa shape index (κ2) is 9.77. The summed E-state index contributed by atoms with van der Waals surface area (Å²) in [5, 5.41) is 16.5. The van der Waals surface area contributed by atoms with Gasteiger partial charge in [-0.25, -0.2) is 0 Å². The number of carbonyl (C=O) groups is 1. The van der Waals surface area contributed by atoms with Crippen LogP contribution in [0.3, 0.4) is 0 Å². The maximum absolute atomic E-state index is 13.2. The smallest absolute Gasteiger partial charge is 0.254 e. The van der Waals surface area contributed by atoms with E-state index in [-0.39, 0.29) is 5.91 Å². The second-order valence-corrected chi connectivity index (χ2v) is 10.6. The first-order valence-electron chi connectivity index (χ1n) is 13.7. The Morgan fingerprint density at radius 2 is 1.65 bits per heavy atom. The molecular formula is C33H30N6O. The van der Waals surface area contributed by atoms with Crippen LogP contribution in [0.1, 0.15) is 15.9 Å². The van der Waals surface area contributed by atoms with Crippen molar-refractivity contribution in [3.05, 3.63) is 96.2 Å². The number of likely N-dealkylation sites (N-methyl/N-ethyl adjacent to an activating group) is 1. The zero-order valence-electron chi connectivity index (χ0n) is 22.6. The minimum atomic E-state index is 0.0973. The van der Waals surface area contributed by atoms with Gasteiger partial charge in [0.1, 0.15) is 0 Å². The Morgan fingerprint density at radius 1 is 0.850 bits per heavy atom. The van der Waals surface area contributed by atoms with E-state index in [9.17, 15) is 4.79 Å². The number of H-pyrrole nitrogens is 1. The van der Waals surface area contributed by atoms with Crippen LogP contribution < -0.4 is 5.32 Å². The largest absolute Gasteiger partial charge is 0.354 e.